The first kappa shape index (κ1) is 16.0. The van der Waals surface area contributed by atoms with Gasteiger partial charge >= 0.3 is 0 Å². The van der Waals surface area contributed by atoms with Crippen LogP contribution in [0.25, 0.3) is 0 Å². The van der Waals surface area contributed by atoms with Gasteiger partial charge in [-0.1, -0.05) is 6.07 Å². The summed E-state index contributed by atoms with van der Waals surface area (Å²) in [5.41, 5.74) is 7.10. The van der Waals surface area contributed by atoms with Crippen LogP contribution in [0.15, 0.2) is 23.3 Å². The number of nitrogens with zero attached hydrogens (tertiary/aromatic N) is 4. The Morgan fingerprint density at radius 3 is 2.83 bits per heavy atom. The van der Waals surface area contributed by atoms with Gasteiger partial charge in [-0.05, 0) is 18.6 Å². The minimum Gasteiger partial charge on any atom is -0.378 e. The molecule has 7 heteroatoms. The van der Waals surface area contributed by atoms with E-state index >= 15 is 0 Å². The van der Waals surface area contributed by atoms with Crippen LogP contribution in [0.4, 0.5) is 5.82 Å². The fourth-order valence-corrected chi connectivity index (χ4v) is 2.79. The van der Waals surface area contributed by atoms with Gasteiger partial charge in [0.25, 0.3) is 0 Å². The Balaban J connectivity index is 1.56. The molecule has 2 saturated heterocycles. The maximum Gasteiger partial charge on any atom is 0.191 e. The minimum absolute atomic E-state index is 0.253. The predicted molar refractivity (Wildman–Crippen MR) is 89.6 cm³/mol. The molecule has 0 saturated carbocycles. The second kappa shape index (κ2) is 7.61. The number of ether oxygens (including phenoxy) is 2. The van der Waals surface area contributed by atoms with Gasteiger partial charge in [0.05, 0.1) is 32.5 Å². The zero-order valence-electron chi connectivity index (χ0n) is 13.6. The van der Waals surface area contributed by atoms with Crippen molar-refractivity contribution in [3.05, 3.63) is 23.9 Å². The van der Waals surface area contributed by atoms with E-state index in [1.807, 2.05) is 12.3 Å². The van der Waals surface area contributed by atoms with E-state index in [2.05, 4.69) is 32.8 Å². The molecular weight excluding hydrogens is 294 g/mol. The Kier molecular flexibility index (Phi) is 5.30. The average molecular weight is 319 g/mol. The minimum atomic E-state index is 0.253. The van der Waals surface area contributed by atoms with Crippen LogP contribution < -0.4 is 10.6 Å². The third-order valence-electron chi connectivity index (χ3n) is 4.13. The van der Waals surface area contributed by atoms with Crippen LogP contribution >= 0.6 is 0 Å². The topological polar surface area (TPSA) is 76.2 Å². The lowest BCUT2D eigenvalue weighted by Crippen LogP contribution is -2.44. The van der Waals surface area contributed by atoms with Crippen molar-refractivity contribution in [2.24, 2.45) is 10.7 Å². The average Bonchev–Trinajstić information content (AvgIpc) is 2.61. The second-order valence-electron chi connectivity index (χ2n) is 5.93. The Labute approximate surface area is 137 Å². The molecule has 126 valence electrons. The number of aliphatic imine (C=N–C) groups is 1. The van der Waals surface area contributed by atoms with Crippen molar-refractivity contribution in [2.75, 3.05) is 50.9 Å². The van der Waals surface area contributed by atoms with Crippen LogP contribution in [-0.2, 0) is 16.0 Å². The number of guanidine groups is 1. The highest BCUT2D eigenvalue weighted by Crippen LogP contribution is 2.15. The highest BCUT2D eigenvalue weighted by Gasteiger charge is 2.17. The maximum absolute atomic E-state index is 6.04. The van der Waals surface area contributed by atoms with Gasteiger partial charge in [0.15, 0.2) is 5.96 Å². The molecule has 0 aliphatic carbocycles. The summed E-state index contributed by atoms with van der Waals surface area (Å²) in [6.07, 6.45) is 2.13. The van der Waals surface area contributed by atoms with Crippen LogP contribution in [0.2, 0.25) is 0 Å². The molecule has 1 unspecified atom stereocenters. The number of aromatic nitrogens is 1. The van der Waals surface area contributed by atoms with Gasteiger partial charge in [0.1, 0.15) is 5.82 Å². The highest BCUT2D eigenvalue weighted by atomic mass is 16.5. The van der Waals surface area contributed by atoms with Crippen molar-refractivity contribution < 1.29 is 9.47 Å². The molecule has 2 N–H and O–H groups in total. The van der Waals surface area contributed by atoms with Crippen molar-refractivity contribution in [1.29, 1.82) is 0 Å². The normalized spacial score (nSPS) is 23.2. The van der Waals surface area contributed by atoms with E-state index in [4.69, 9.17) is 15.2 Å². The third-order valence-corrected chi connectivity index (χ3v) is 4.13. The van der Waals surface area contributed by atoms with Gasteiger partial charge in [-0.15, -0.1) is 0 Å². The van der Waals surface area contributed by atoms with Crippen molar-refractivity contribution in [3.8, 4) is 0 Å². The number of rotatable bonds is 3. The number of anilines is 1. The molecule has 1 aromatic rings. The van der Waals surface area contributed by atoms with Gasteiger partial charge < -0.3 is 25.0 Å². The zero-order valence-corrected chi connectivity index (χ0v) is 13.6. The Hall–Kier alpha value is -1.86. The lowest BCUT2D eigenvalue weighted by Gasteiger charge is -2.32. The predicted octanol–water partition coefficient (Wildman–Crippen LogP) is 0.454. The van der Waals surface area contributed by atoms with Crippen molar-refractivity contribution in [2.45, 2.75) is 19.6 Å². The molecule has 0 spiro atoms. The molecule has 3 rings (SSSR count). The van der Waals surface area contributed by atoms with Crippen LogP contribution in [-0.4, -0.2) is 67.9 Å². The fraction of sp³-hybridized carbons (Fsp3) is 0.625. The molecule has 2 aliphatic rings. The zero-order chi connectivity index (χ0) is 16.1. The lowest BCUT2D eigenvalue weighted by atomic mass is 10.2. The van der Waals surface area contributed by atoms with Crippen LogP contribution in [0, 0.1) is 0 Å². The van der Waals surface area contributed by atoms with Gasteiger partial charge in [0, 0.05) is 32.4 Å². The number of morpholine rings is 2. The van der Waals surface area contributed by atoms with E-state index in [0.717, 1.165) is 44.2 Å². The highest BCUT2D eigenvalue weighted by molar-refractivity contribution is 5.78. The first-order valence-corrected chi connectivity index (χ1v) is 8.16. The summed E-state index contributed by atoms with van der Waals surface area (Å²) >= 11 is 0. The number of hydrogen-bond donors (Lipinski definition) is 1. The number of hydrogen-bond acceptors (Lipinski definition) is 5. The molecule has 0 aromatic carbocycles. The summed E-state index contributed by atoms with van der Waals surface area (Å²) in [5.74, 6) is 1.58. The number of pyridine rings is 1. The second-order valence-corrected chi connectivity index (χ2v) is 5.93. The summed E-state index contributed by atoms with van der Waals surface area (Å²) in [6, 6.07) is 4.12. The summed E-state index contributed by atoms with van der Waals surface area (Å²) in [4.78, 5) is 13.3. The van der Waals surface area contributed by atoms with Gasteiger partial charge in [-0.2, -0.15) is 0 Å². The molecule has 1 atom stereocenters. The van der Waals surface area contributed by atoms with Crippen molar-refractivity contribution >= 4 is 11.8 Å². The summed E-state index contributed by atoms with van der Waals surface area (Å²) in [6.45, 7) is 8.20. The molecule has 0 radical (unpaired) electrons. The summed E-state index contributed by atoms with van der Waals surface area (Å²) in [7, 11) is 0. The molecule has 0 amide bonds. The van der Waals surface area contributed by atoms with E-state index in [0.29, 0.717) is 25.7 Å². The maximum atomic E-state index is 6.04. The molecule has 3 heterocycles. The lowest BCUT2D eigenvalue weighted by molar-refractivity contribution is 0.0529. The molecule has 0 bridgehead atoms. The first-order chi connectivity index (χ1) is 11.2. The third kappa shape index (κ3) is 4.33. The SMILES string of the molecule is CC1CN(c2ccc(CN=C(N)N3CCOCC3)cn2)CCO1. The molecule has 2 aliphatic heterocycles. The molecule has 2 fully saturated rings. The first-order valence-electron chi connectivity index (χ1n) is 8.16. The van der Waals surface area contributed by atoms with Crippen LogP contribution in [0.1, 0.15) is 12.5 Å². The number of nitrogens with two attached hydrogens (primary N) is 1. The monoisotopic (exact) mass is 319 g/mol. The smallest absolute Gasteiger partial charge is 0.191 e. The standard InChI is InChI=1S/C16H25N5O2/c1-13-12-21(6-9-23-13)15-3-2-14(10-18-15)11-19-16(17)20-4-7-22-8-5-20/h2-3,10,13H,4-9,11-12H2,1H3,(H2,17,19). The fourth-order valence-electron chi connectivity index (χ4n) is 2.79. The van der Waals surface area contributed by atoms with Crippen molar-refractivity contribution in [1.82, 2.24) is 9.88 Å². The molecular formula is C16H25N5O2. The Morgan fingerprint density at radius 2 is 2.13 bits per heavy atom. The van der Waals surface area contributed by atoms with Crippen LogP contribution in [0.5, 0.6) is 0 Å². The van der Waals surface area contributed by atoms with Crippen LogP contribution in [0.3, 0.4) is 0 Å². The Morgan fingerprint density at radius 1 is 1.30 bits per heavy atom. The van der Waals surface area contributed by atoms with E-state index < -0.39 is 0 Å². The molecule has 23 heavy (non-hydrogen) atoms. The van der Waals surface area contributed by atoms with Gasteiger partial charge in [-0.3, -0.25) is 0 Å². The largest absolute Gasteiger partial charge is 0.378 e. The summed E-state index contributed by atoms with van der Waals surface area (Å²) in [5, 5.41) is 0. The molecule has 7 nitrogen and oxygen atoms in total. The van der Waals surface area contributed by atoms with Crippen molar-refractivity contribution in [3.63, 3.8) is 0 Å². The van der Waals surface area contributed by atoms with E-state index in [9.17, 15) is 0 Å². The quantitative estimate of drug-likeness (QED) is 0.644. The molecule has 1 aromatic heterocycles. The van der Waals surface area contributed by atoms with Gasteiger partial charge in [0.2, 0.25) is 0 Å². The van der Waals surface area contributed by atoms with E-state index in [1.54, 1.807) is 0 Å². The Bertz CT molecular complexity index is 528. The van der Waals surface area contributed by atoms with E-state index in [-0.39, 0.29) is 6.10 Å². The van der Waals surface area contributed by atoms with Gasteiger partial charge in [-0.25, -0.2) is 9.98 Å². The van der Waals surface area contributed by atoms with E-state index in [1.165, 1.54) is 0 Å². The summed E-state index contributed by atoms with van der Waals surface area (Å²) < 4.78 is 10.9.